The Morgan fingerprint density at radius 1 is 1.20 bits per heavy atom. The standard InChI is InChI=1S/C16H24ClN3/c1-10(2)6-7-12(4)20-15(13(5)17)19-14-8-11(3)9-18-16(14)20/h8-10,12-13H,6-7H2,1-5H3. The highest BCUT2D eigenvalue weighted by Gasteiger charge is 2.20. The number of hydrogen-bond donors (Lipinski definition) is 0. The minimum Gasteiger partial charge on any atom is -0.309 e. The average Bonchev–Trinajstić information content (AvgIpc) is 2.74. The molecule has 2 rings (SSSR count). The van der Waals surface area contributed by atoms with E-state index in [9.17, 15) is 0 Å². The van der Waals surface area contributed by atoms with Gasteiger partial charge in [0.2, 0.25) is 0 Å². The van der Waals surface area contributed by atoms with Gasteiger partial charge in [-0.3, -0.25) is 0 Å². The molecule has 0 saturated heterocycles. The van der Waals surface area contributed by atoms with E-state index in [-0.39, 0.29) is 5.38 Å². The molecule has 0 aliphatic rings. The molecular formula is C16H24ClN3. The van der Waals surface area contributed by atoms with Crippen LogP contribution in [0.4, 0.5) is 0 Å². The molecule has 3 nitrogen and oxygen atoms in total. The van der Waals surface area contributed by atoms with E-state index in [2.05, 4.69) is 41.4 Å². The zero-order chi connectivity index (χ0) is 14.9. The van der Waals surface area contributed by atoms with Gasteiger partial charge < -0.3 is 4.57 Å². The first-order chi connectivity index (χ1) is 9.40. The van der Waals surface area contributed by atoms with Gasteiger partial charge >= 0.3 is 0 Å². The van der Waals surface area contributed by atoms with Gasteiger partial charge in [-0.05, 0) is 51.2 Å². The van der Waals surface area contributed by atoms with Crippen molar-refractivity contribution in [3.8, 4) is 0 Å². The smallest absolute Gasteiger partial charge is 0.160 e. The number of hydrogen-bond acceptors (Lipinski definition) is 2. The Labute approximate surface area is 126 Å². The number of aromatic nitrogens is 3. The Morgan fingerprint density at radius 3 is 2.50 bits per heavy atom. The highest BCUT2D eigenvalue weighted by molar-refractivity contribution is 6.20. The predicted octanol–water partition coefficient (Wildman–Crippen LogP) is 5.04. The monoisotopic (exact) mass is 293 g/mol. The lowest BCUT2D eigenvalue weighted by Gasteiger charge is -2.19. The molecule has 0 radical (unpaired) electrons. The Bertz CT molecular complexity index is 587. The van der Waals surface area contributed by atoms with Gasteiger partial charge in [0, 0.05) is 12.2 Å². The lowest BCUT2D eigenvalue weighted by atomic mass is 10.0. The van der Waals surface area contributed by atoms with Crippen molar-refractivity contribution in [2.75, 3.05) is 0 Å². The lowest BCUT2D eigenvalue weighted by molar-refractivity contribution is 0.435. The molecule has 20 heavy (non-hydrogen) atoms. The van der Waals surface area contributed by atoms with Gasteiger partial charge in [-0.15, -0.1) is 11.6 Å². The average molecular weight is 294 g/mol. The van der Waals surface area contributed by atoms with Crippen molar-refractivity contribution in [1.82, 2.24) is 14.5 Å². The van der Waals surface area contributed by atoms with Gasteiger partial charge in [-0.2, -0.15) is 0 Å². The summed E-state index contributed by atoms with van der Waals surface area (Å²) in [5.74, 6) is 1.63. The van der Waals surface area contributed by atoms with E-state index in [4.69, 9.17) is 11.6 Å². The molecule has 0 aromatic carbocycles. The molecule has 2 aromatic heterocycles. The second-order valence-electron chi connectivity index (χ2n) is 6.13. The van der Waals surface area contributed by atoms with E-state index < -0.39 is 0 Å². The summed E-state index contributed by atoms with van der Waals surface area (Å²) < 4.78 is 2.22. The van der Waals surface area contributed by atoms with Crippen LogP contribution in [0.25, 0.3) is 11.2 Å². The van der Waals surface area contributed by atoms with Crippen molar-refractivity contribution in [2.45, 2.75) is 58.9 Å². The Hall–Kier alpha value is -1.09. The largest absolute Gasteiger partial charge is 0.309 e. The van der Waals surface area contributed by atoms with Crippen molar-refractivity contribution in [2.24, 2.45) is 5.92 Å². The quantitative estimate of drug-likeness (QED) is 0.723. The molecule has 0 aliphatic carbocycles. The van der Waals surface area contributed by atoms with E-state index >= 15 is 0 Å². The zero-order valence-corrected chi connectivity index (χ0v) is 13.8. The summed E-state index contributed by atoms with van der Waals surface area (Å²) in [6.07, 6.45) is 4.22. The second-order valence-corrected chi connectivity index (χ2v) is 6.79. The molecule has 0 spiro atoms. The van der Waals surface area contributed by atoms with Crippen LogP contribution in [-0.2, 0) is 0 Å². The van der Waals surface area contributed by atoms with E-state index in [0.717, 1.165) is 29.0 Å². The van der Waals surface area contributed by atoms with Crippen LogP contribution >= 0.6 is 11.6 Å². The minimum absolute atomic E-state index is 0.106. The van der Waals surface area contributed by atoms with E-state index in [1.165, 1.54) is 6.42 Å². The molecule has 110 valence electrons. The first-order valence-corrected chi connectivity index (χ1v) is 7.82. The van der Waals surface area contributed by atoms with Crippen molar-refractivity contribution in [3.05, 3.63) is 23.7 Å². The van der Waals surface area contributed by atoms with Crippen LogP contribution in [0.15, 0.2) is 12.3 Å². The summed E-state index contributed by atoms with van der Waals surface area (Å²) in [5, 5.41) is -0.106. The van der Waals surface area contributed by atoms with Crippen LogP contribution in [0.1, 0.15) is 63.3 Å². The number of aryl methyl sites for hydroxylation is 1. The second kappa shape index (κ2) is 6.13. The highest BCUT2D eigenvalue weighted by atomic mass is 35.5. The summed E-state index contributed by atoms with van der Waals surface area (Å²) in [6, 6.07) is 2.45. The minimum atomic E-state index is -0.106. The fraction of sp³-hybridized carbons (Fsp3) is 0.625. The molecule has 0 bridgehead atoms. The van der Waals surface area contributed by atoms with E-state index in [1.807, 2.05) is 20.0 Å². The lowest BCUT2D eigenvalue weighted by Crippen LogP contribution is -2.11. The maximum absolute atomic E-state index is 6.32. The van der Waals surface area contributed by atoms with Crippen molar-refractivity contribution in [3.63, 3.8) is 0 Å². The molecular weight excluding hydrogens is 270 g/mol. The zero-order valence-electron chi connectivity index (χ0n) is 13.0. The van der Waals surface area contributed by atoms with Gasteiger partial charge in [-0.25, -0.2) is 9.97 Å². The summed E-state index contributed by atoms with van der Waals surface area (Å²) in [5.41, 5.74) is 3.03. The first kappa shape index (κ1) is 15.3. The van der Waals surface area contributed by atoms with Crippen molar-refractivity contribution < 1.29 is 0 Å². The molecule has 4 heteroatoms. The number of fused-ring (bicyclic) bond motifs is 1. The Balaban J connectivity index is 2.45. The molecule has 2 atom stereocenters. The highest BCUT2D eigenvalue weighted by Crippen LogP contribution is 2.29. The van der Waals surface area contributed by atoms with Gasteiger partial charge in [0.25, 0.3) is 0 Å². The van der Waals surface area contributed by atoms with Crippen LogP contribution in [0.2, 0.25) is 0 Å². The maximum atomic E-state index is 6.32. The number of nitrogens with zero attached hydrogens (tertiary/aromatic N) is 3. The molecule has 0 fully saturated rings. The summed E-state index contributed by atoms with van der Waals surface area (Å²) in [4.78, 5) is 9.26. The third kappa shape index (κ3) is 3.14. The topological polar surface area (TPSA) is 30.7 Å². The molecule has 0 amide bonds. The Morgan fingerprint density at radius 2 is 1.90 bits per heavy atom. The third-order valence-electron chi connectivity index (χ3n) is 3.65. The van der Waals surface area contributed by atoms with Crippen molar-refractivity contribution >= 4 is 22.8 Å². The summed E-state index contributed by atoms with van der Waals surface area (Å²) in [6.45, 7) is 10.8. The number of rotatable bonds is 5. The number of alkyl halides is 1. The maximum Gasteiger partial charge on any atom is 0.160 e. The van der Waals surface area contributed by atoms with E-state index in [1.54, 1.807) is 0 Å². The molecule has 2 unspecified atom stereocenters. The van der Waals surface area contributed by atoms with Gasteiger partial charge in [0.05, 0.1) is 5.38 Å². The number of imidazole rings is 1. The van der Waals surface area contributed by atoms with Crippen LogP contribution < -0.4 is 0 Å². The van der Waals surface area contributed by atoms with Crippen LogP contribution in [0.3, 0.4) is 0 Å². The third-order valence-corrected chi connectivity index (χ3v) is 3.85. The van der Waals surface area contributed by atoms with Crippen LogP contribution in [-0.4, -0.2) is 14.5 Å². The van der Waals surface area contributed by atoms with Gasteiger partial charge in [-0.1, -0.05) is 13.8 Å². The first-order valence-electron chi connectivity index (χ1n) is 7.38. The molecule has 0 saturated carbocycles. The molecule has 0 N–H and O–H groups in total. The predicted molar refractivity (Wildman–Crippen MR) is 85.3 cm³/mol. The Kier molecular flexibility index (Phi) is 4.69. The molecule has 0 aliphatic heterocycles. The fourth-order valence-electron chi connectivity index (χ4n) is 2.52. The van der Waals surface area contributed by atoms with E-state index in [0.29, 0.717) is 12.0 Å². The fourth-order valence-corrected chi connectivity index (χ4v) is 2.67. The summed E-state index contributed by atoms with van der Waals surface area (Å²) >= 11 is 6.32. The van der Waals surface area contributed by atoms with Gasteiger partial charge in [0.1, 0.15) is 11.3 Å². The SMILES string of the molecule is Cc1cnc2c(c1)nc(C(C)Cl)n2C(C)CCC(C)C. The normalized spacial score (nSPS) is 14.9. The van der Waals surface area contributed by atoms with Gasteiger partial charge in [0.15, 0.2) is 5.65 Å². The van der Waals surface area contributed by atoms with Crippen LogP contribution in [0.5, 0.6) is 0 Å². The molecule has 2 aromatic rings. The summed E-state index contributed by atoms with van der Waals surface area (Å²) in [7, 11) is 0. The van der Waals surface area contributed by atoms with Crippen molar-refractivity contribution in [1.29, 1.82) is 0 Å². The number of halogens is 1. The number of pyridine rings is 1. The molecule has 2 heterocycles. The van der Waals surface area contributed by atoms with Crippen LogP contribution in [0, 0.1) is 12.8 Å².